The van der Waals surface area contributed by atoms with E-state index in [0.29, 0.717) is 19.7 Å². The Balaban J connectivity index is 1.73. The van der Waals surface area contributed by atoms with Crippen LogP contribution in [-0.4, -0.2) is 37.6 Å². The second kappa shape index (κ2) is 9.62. The summed E-state index contributed by atoms with van der Waals surface area (Å²) in [4.78, 5) is 14.9. The number of nitrogens with one attached hydrogen (secondary N) is 1. The molecule has 3 rings (SSSR count). The van der Waals surface area contributed by atoms with Gasteiger partial charge in [0.15, 0.2) is 0 Å². The SMILES string of the molecule is COCCNC(=O)C1CCC(c2ccc(F)cc2)N(Cc2ccccc2)C1. The molecule has 0 aromatic heterocycles. The van der Waals surface area contributed by atoms with Crippen LogP contribution in [0.4, 0.5) is 4.39 Å². The molecule has 2 unspecified atom stereocenters. The number of likely N-dealkylation sites (tertiary alicyclic amines) is 1. The van der Waals surface area contributed by atoms with Gasteiger partial charge in [-0.3, -0.25) is 9.69 Å². The summed E-state index contributed by atoms with van der Waals surface area (Å²) in [5, 5.41) is 2.96. The van der Waals surface area contributed by atoms with E-state index in [-0.39, 0.29) is 23.7 Å². The van der Waals surface area contributed by atoms with Crippen molar-refractivity contribution in [1.82, 2.24) is 10.2 Å². The lowest BCUT2D eigenvalue weighted by Crippen LogP contribution is -2.44. The molecule has 1 N–H and O–H groups in total. The fourth-order valence-corrected chi connectivity index (χ4v) is 3.73. The quantitative estimate of drug-likeness (QED) is 0.758. The minimum atomic E-state index is -0.223. The Bertz CT molecular complexity index is 721. The van der Waals surface area contributed by atoms with Crippen molar-refractivity contribution in [3.05, 3.63) is 71.5 Å². The molecule has 27 heavy (non-hydrogen) atoms. The Hall–Kier alpha value is -2.24. The first-order valence-corrected chi connectivity index (χ1v) is 9.47. The Morgan fingerprint density at radius 3 is 2.59 bits per heavy atom. The van der Waals surface area contributed by atoms with Crippen molar-refractivity contribution in [1.29, 1.82) is 0 Å². The maximum atomic E-state index is 13.3. The highest BCUT2D eigenvalue weighted by Crippen LogP contribution is 2.34. The standard InChI is InChI=1S/C22H27FN2O2/c1-27-14-13-24-22(26)19-9-12-21(18-7-10-20(23)11-8-18)25(16-19)15-17-5-3-2-4-6-17/h2-8,10-11,19,21H,9,12-16H2,1H3,(H,24,26). The van der Waals surface area contributed by atoms with Crippen LogP contribution in [0.15, 0.2) is 54.6 Å². The molecule has 1 amide bonds. The summed E-state index contributed by atoms with van der Waals surface area (Å²) in [6, 6.07) is 17.2. The van der Waals surface area contributed by atoms with E-state index in [1.807, 2.05) is 30.3 Å². The molecule has 2 aromatic carbocycles. The highest BCUT2D eigenvalue weighted by atomic mass is 19.1. The van der Waals surface area contributed by atoms with Crippen molar-refractivity contribution in [2.24, 2.45) is 5.92 Å². The van der Waals surface area contributed by atoms with Crippen LogP contribution < -0.4 is 5.32 Å². The predicted molar refractivity (Wildman–Crippen MR) is 104 cm³/mol. The third-order valence-corrected chi connectivity index (χ3v) is 5.14. The number of benzene rings is 2. The number of piperidine rings is 1. The van der Waals surface area contributed by atoms with Gasteiger partial charge in [0, 0.05) is 32.8 Å². The lowest BCUT2D eigenvalue weighted by Gasteiger charge is -2.39. The molecular weight excluding hydrogens is 343 g/mol. The van der Waals surface area contributed by atoms with Crippen molar-refractivity contribution in [3.8, 4) is 0 Å². The molecular formula is C22H27FN2O2. The van der Waals surface area contributed by atoms with Crippen LogP contribution in [0.1, 0.15) is 30.0 Å². The van der Waals surface area contributed by atoms with Gasteiger partial charge in [-0.2, -0.15) is 0 Å². The lowest BCUT2D eigenvalue weighted by molar-refractivity contribution is -0.127. The molecule has 1 aliphatic rings. The highest BCUT2D eigenvalue weighted by molar-refractivity contribution is 5.79. The largest absolute Gasteiger partial charge is 0.383 e. The fraction of sp³-hybridized carbons (Fsp3) is 0.409. The summed E-state index contributed by atoms with van der Waals surface area (Å²) < 4.78 is 18.3. The minimum Gasteiger partial charge on any atom is -0.383 e. The molecule has 5 heteroatoms. The zero-order valence-electron chi connectivity index (χ0n) is 15.7. The molecule has 2 aromatic rings. The average molecular weight is 370 g/mol. The number of ether oxygens (including phenoxy) is 1. The molecule has 0 aliphatic carbocycles. The van der Waals surface area contributed by atoms with E-state index < -0.39 is 0 Å². The third-order valence-electron chi connectivity index (χ3n) is 5.14. The first-order chi connectivity index (χ1) is 13.2. The van der Waals surface area contributed by atoms with Gasteiger partial charge in [-0.25, -0.2) is 4.39 Å². The normalized spacial score (nSPS) is 20.4. The van der Waals surface area contributed by atoms with Crippen LogP contribution in [0.3, 0.4) is 0 Å². The van der Waals surface area contributed by atoms with E-state index in [1.54, 1.807) is 7.11 Å². The molecule has 144 valence electrons. The number of carbonyl (C=O) groups excluding carboxylic acids is 1. The van der Waals surface area contributed by atoms with Crippen LogP contribution >= 0.6 is 0 Å². The fourth-order valence-electron chi connectivity index (χ4n) is 3.73. The third kappa shape index (κ3) is 5.37. The van der Waals surface area contributed by atoms with Gasteiger partial charge in [0.2, 0.25) is 5.91 Å². The van der Waals surface area contributed by atoms with Gasteiger partial charge in [-0.15, -0.1) is 0 Å². The Morgan fingerprint density at radius 2 is 1.89 bits per heavy atom. The van der Waals surface area contributed by atoms with Gasteiger partial charge in [0.25, 0.3) is 0 Å². The Labute approximate surface area is 160 Å². The molecule has 1 fully saturated rings. The van der Waals surface area contributed by atoms with Crippen molar-refractivity contribution in [3.63, 3.8) is 0 Å². The van der Waals surface area contributed by atoms with Crippen LogP contribution in [0.2, 0.25) is 0 Å². The van der Waals surface area contributed by atoms with Gasteiger partial charge in [0.1, 0.15) is 5.82 Å². The van der Waals surface area contributed by atoms with Crippen LogP contribution in [0, 0.1) is 11.7 Å². The van der Waals surface area contributed by atoms with E-state index in [2.05, 4.69) is 22.3 Å². The lowest BCUT2D eigenvalue weighted by atomic mass is 9.88. The number of hydrogen-bond acceptors (Lipinski definition) is 3. The average Bonchev–Trinajstić information content (AvgIpc) is 2.70. The number of carbonyl (C=O) groups is 1. The molecule has 1 heterocycles. The molecule has 0 bridgehead atoms. The Morgan fingerprint density at radius 1 is 1.15 bits per heavy atom. The van der Waals surface area contributed by atoms with Gasteiger partial charge >= 0.3 is 0 Å². The van der Waals surface area contributed by atoms with Crippen LogP contribution in [-0.2, 0) is 16.1 Å². The molecule has 0 saturated carbocycles. The second-order valence-electron chi connectivity index (χ2n) is 7.04. The molecule has 4 nitrogen and oxygen atoms in total. The molecule has 1 aliphatic heterocycles. The number of rotatable bonds is 7. The number of amides is 1. The summed E-state index contributed by atoms with van der Waals surface area (Å²) in [6.45, 7) is 2.51. The number of halogens is 1. The van der Waals surface area contributed by atoms with Gasteiger partial charge in [-0.1, -0.05) is 42.5 Å². The van der Waals surface area contributed by atoms with E-state index in [4.69, 9.17) is 4.74 Å². The maximum absolute atomic E-state index is 13.3. The molecule has 2 atom stereocenters. The smallest absolute Gasteiger partial charge is 0.224 e. The second-order valence-corrected chi connectivity index (χ2v) is 7.04. The molecule has 1 saturated heterocycles. The van der Waals surface area contributed by atoms with Crippen molar-refractivity contribution in [2.45, 2.75) is 25.4 Å². The van der Waals surface area contributed by atoms with E-state index in [1.165, 1.54) is 17.7 Å². The highest BCUT2D eigenvalue weighted by Gasteiger charge is 2.32. The Kier molecular flexibility index (Phi) is 6.96. The van der Waals surface area contributed by atoms with Gasteiger partial charge in [-0.05, 0) is 36.1 Å². The maximum Gasteiger partial charge on any atom is 0.224 e. The molecule has 0 radical (unpaired) electrons. The summed E-state index contributed by atoms with van der Waals surface area (Å²) >= 11 is 0. The van der Waals surface area contributed by atoms with E-state index >= 15 is 0 Å². The van der Waals surface area contributed by atoms with Crippen molar-refractivity contribution < 1.29 is 13.9 Å². The monoisotopic (exact) mass is 370 g/mol. The predicted octanol–water partition coefficient (Wildman–Crippen LogP) is 3.54. The summed E-state index contributed by atoms with van der Waals surface area (Å²) in [7, 11) is 1.63. The van der Waals surface area contributed by atoms with Crippen LogP contribution in [0.25, 0.3) is 0 Å². The van der Waals surface area contributed by atoms with E-state index in [9.17, 15) is 9.18 Å². The topological polar surface area (TPSA) is 41.6 Å². The zero-order valence-corrected chi connectivity index (χ0v) is 15.7. The number of methoxy groups -OCH3 is 1. The van der Waals surface area contributed by atoms with Gasteiger partial charge < -0.3 is 10.1 Å². The zero-order chi connectivity index (χ0) is 19.1. The van der Waals surface area contributed by atoms with E-state index in [0.717, 1.165) is 24.9 Å². The van der Waals surface area contributed by atoms with Crippen LogP contribution in [0.5, 0.6) is 0 Å². The van der Waals surface area contributed by atoms with Crippen molar-refractivity contribution in [2.75, 3.05) is 26.8 Å². The van der Waals surface area contributed by atoms with Gasteiger partial charge in [0.05, 0.1) is 12.5 Å². The minimum absolute atomic E-state index is 0.0396. The summed E-state index contributed by atoms with van der Waals surface area (Å²) in [6.07, 6.45) is 1.70. The molecule has 0 spiro atoms. The first kappa shape index (κ1) is 19.5. The number of hydrogen-bond donors (Lipinski definition) is 1. The number of nitrogens with zero attached hydrogens (tertiary/aromatic N) is 1. The first-order valence-electron chi connectivity index (χ1n) is 9.47. The summed E-state index contributed by atoms with van der Waals surface area (Å²) in [5.74, 6) is -0.176. The summed E-state index contributed by atoms with van der Waals surface area (Å²) in [5.41, 5.74) is 2.32. The van der Waals surface area contributed by atoms with Crippen molar-refractivity contribution >= 4 is 5.91 Å².